The molecule has 0 unspecified atom stereocenters. The lowest BCUT2D eigenvalue weighted by molar-refractivity contribution is 0.343. The van der Waals surface area contributed by atoms with Crippen molar-refractivity contribution in [2.75, 3.05) is 13.2 Å². The lowest BCUT2D eigenvalue weighted by Crippen LogP contribution is -1.99. The molecule has 2 aromatic rings. The van der Waals surface area contributed by atoms with Crippen molar-refractivity contribution in [3.8, 4) is 5.75 Å². The van der Waals surface area contributed by atoms with Crippen LogP contribution in [0.4, 0.5) is 0 Å². The van der Waals surface area contributed by atoms with Gasteiger partial charge in [0.15, 0.2) is 0 Å². The molecule has 4 heteroatoms. The van der Waals surface area contributed by atoms with Crippen molar-refractivity contribution < 1.29 is 4.74 Å². The number of aryl methyl sites for hydroxylation is 1. The predicted molar refractivity (Wildman–Crippen MR) is 68.2 cm³/mol. The SMILES string of the molecule is CCOc1cccc2sc(CCCN)nc12. The first-order valence-electron chi connectivity index (χ1n) is 5.56. The average molecular weight is 236 g/mol. The molecule has 16 heavy (non-hydrogen) atoms. The summed E-state index contributed by atoms with van der Waals surface area (Å²) < 4.78 is 6.75. The van der Waals surface area contributed by atoms with Crippen LogP contribution in [-0.2, 0) is 6.42 Å². The molecule has 0 fully saturated rings. The van der Waals surface area contributed by atoms with Crippen LogP contribution in [0.1, 0.15) is 18.4 Å². The molecule has 0 saturated heterocycles. The zero-order valence-corrected chi connectivity index (χ0v) is 10.2. The van der Waals surface area contributed by atoms with Gasteiger partial charge in [0.2, 0.25) is 0 Å². The van der Waals surface area contributed by atoms with E-state index in [2.05, 4.69) is 11.1 Å². The van der Waals surface area contributed by atoms with Crippen molar-refractivity contribution in [1.82, 2.24) is 4.98 Å². The van der Waals surface area contributed by atoms with E-state index in [1.165, 1.54) is 4.70 Å². The third kappa shape index (κ3) is 2.33. The van der Waals surface area contributed by atoms with E-state index in [0.717, 1.165) is 29.1 Å². The van der Waals surface area contributed by atoms with Gasteiger partial charge in [0.25, 0.3) is 0 Å². The Hall–Kier alpha value is -1.13. The molecule has 0 saturated carbocycles. The van der Waals surface area contributed by atoms with Crippen LogP contribution in [0.15, 0.2) is 18.2 Å². The largest absolute Gasteiger partial charge is 0.492 e. The van der Waals surface area contributed by atoms with Gasteiger partial charge in [-0.25, -0.2) is 4.98 Å². The molecule has 0 aliphatic heterocycles. The molecule has 1 heterocycles. The number of para-hydroxylation sites is 1. The fourth-order valence-electron chi connectivity index (χ4n) is 1.60. The summed E-state index contributed by atoms with van der Waals surface area (Å²) in [7, 11) is 0. The summed E-state index contributed by atoms with van der Waals surface area (Å²) in [5.74, 6) is 0.884. The summed E-state index contributed by atoms with van der Waals surface area (Å²) in [6.45, 7) is 3.38. The Labute approximate surface area is 99.3 Å². The molecule has 0 bridgehead atoms. The van der Waals surface area contributed by atoms with Crippen LogP contribution in [-0.4, -0.2) is 18.1 Å². The smallest absolute Gasteiger partial charge is 0.146 e. The topological polar surface area (TPSA) is 48.1 Å². The number of nitrogens with two attached hydrogens (primary N) is 1. The Balaban J connectivity index is 2.32. The first kappa shape index (κ1) is 11.4. The predicted octanol–water partition coefficient (Wildman–Crippen LogP) is 2.59. The van der Waals surface area contributed by atoms with Crippen LogP contribution in [0.5, 0.6) is 5.75 Å². The number of nitrogens with zero attached hydrogens (tertiary/aromatic N) is 1. The number of benzene rings is 1. The molecule has 1 aromatic heterocycles. The highest BCUT2D eigenvalue weighted by atomic mass is 32.1. The van der Waals surface area contributed by atoms with E-state index >= 15 is 0 Å². The maximum atomic E-state index is 5.56. The summed E-state index contributed by atoms with van der Waals surface area (Å²) in [6.07, 6.45) is 1.95. The highest BCUT2D eigenvalue weighted by Gasteiger charge is 2.08. The van der Waals surface area contributed by atoms with Crippen LogP contribution in [0.2, 0.25) is 0 Å². The first-order valence-corrected chi connectivity index (χ1v) is 6.38. The van der Waals surface area contributed by atoms with E-state index in [0.29, 0.717) is 13.2 Å². The number of ether oxygens (including phenoxy) is 1. The van der Waals surface area contributed by atoms with Crippen LogP contribution in [0.3, 0.4) is 0 Å². The van der Waals surface area contributed by atoms with E-state index < -0.39 is 0 Å². The second-order valence-corrected chi connectivity index (χ2v) is 4.65. The molecule has 0 spiro atoms. The summed E-state index contributed by atoms with van der Waals surface area (Å²) in [4.78, 5) is 4.61. The lowest BCUT2D eigenvalue weighted by atomic mass is 10.3. The second kappa shape index (κ2) is 5.27. The second-order valence-electron chi connectivity index (χ2n) is 3.54. The Morgan fingerprint density at radius 2 is 2.31 bits per heavy atom. The van der Waals surface area contributed by atoms with E-state index in [1.54, 1.807) is 11.3 Å². The van der Waals surface area contributed by atoms with Gasteiger partial charge in [-0.3, -0.25) is 0 Å². The van der Waals surface area contributed by atoms with Crippen molar-refractivity contribution in [2.45, 2.75) is 19.8 Å². The molecule has 3 nitrogen and oxygen atoms in total. The highest BCUT2D eigenvalue weighted by molar-refractivity contribution is 7.18. The van der Waals surface area contributed by atoms with Crippen LogP contribution in [0.25, 0.3) is 10.2 Å². The van der Waals surface area contributed by atoms with E-state index in [4.69, 9.17) is 10.5 Å². The molecule has 0 aliphatic rings. The fourth-order valence-corrected chi connectivity index (χ4v) is 2.63. The summed E-state index contributed by atoms with van der Waals surface area (Å²) >= 11 is 1.73. The Morgan fingerprint density at radius 3 is 3.06 bits per heavy atom. The van der Waals surface area contributed by atoms with E-state index in [-0.39, 0.29) is 0 Å². The van der Waals surface area contributed by atoms with Crippen molar-refractivity contribution in [3.05, 3.63) is 23.2 Å². The van der Waals surface area contributed by atoms with Gasteiger partial charge >= 0.3 is 0 Å². The minimum absolute atomic E-state index is 0.675. The van der Waals surface area contributed by atoms with Crippen molar-refractivity contribution in [2.24, 2.45) is 5.73 Å². The van der Waals surface area contributed by atoms with Gasteiger partial charge in [-0.2, -0.15) is 0 Å². The molecular formula is C12H16N2OS. The van der Waals surface area contributed by atoms with Gasteiger partial charge in [0, 0.05) is 6.42 Å². The maximum Gasteiger partial charge on any atom is 0.146 e. The molecule has 0 aliphatic carbocycles. The lowest BCUT2D eigenvalue weighted by Gasteiger charge is -2.01. The standard InChI is InChI=1S/C12H16N2OS/c1-2-15-9-5-3-6-10-12(9)14-11(16-10)7-4-8-13/h3,5-6H,2,4,7-8,13H2,1H3. The Kier molecular flexibility index (Phi) is 3.74. The molecule has 86 valence electrons. The third-order valence-corrected chi connectivity index (χ3v) is 3.40. The zero-order valence-electron chi connectivity index (χ0n) is 9.40. The molecule has 2 rings (SSSR count). The Morgan fingerprint density at radius 1 is 1.44 bits per heavy atom. The monoisotopic (exact) mass is 236 g/mol. The molecular weight excluding hydrogens is 220 g/mol. The van der Waals surface area contributed by atoms with Gasteiger partial charge in [-0.05, 0) is 32.0 Å². The first-order chi connectivity index (χ1) is 7.85. The number of aromatic nitrogens is 1. The van der Waals surface area contributed by atoms with Crippen LogP contribution < -0.4 is 10.5 Å². The highest BCUT2D eigenvalue weighted by Crippen LogP contribution is 2.30. The Bertz CT molecular complexity index is 467. The fraction of sp³-hybridized carbons (Fsp3) is 0.417. The number of hydrogen-bond donors (Lipinski definition) is 1. The molecule has 0 radical (unpaired) electrons. The number of rotatable bonds is 5. The van der Waals surface area contributed by atoms with E-state index in [9.17, 15) is 0 Å². The quantitative estimate of drug-likeness (QED) is 0.868. The number of hydrogen-bond acceptors (Lipinski definition) is 4. The molecule has 0 atom stereocenters. The van der Waals surface area contributed by atoms with Gasteiger partial charge in [0.05, 0.1) is 16.3 Å². The van der Waals surface area contributed by atoms with Gasteiger partial charge in [-0.15, -0.1) is 11.3 Å². The zero-order chi connectivity index (χ0) is 11.4. The van der Waals surface area contributed by atoms with Crippen LogP contribution in [0, 0.1) is 0 Å². The molecule has 1 aromatic carbocycles. The average Bonchev–Trinajstić information content (AvgIpc) is 2.70. The minimum Gasteiger partial charge on any atom is -0.492 e. The molecule has 2 N–H and O–H groups in total. The number of fused-ring (bicyclic) bond motifs is 1. The van der Waals surface area contributed by atoms with Crippen LogP contribution >= 0.6 is 11.3 Å². The van der Waals surface area contributed by atoms with Gasteiger partial charge < -0.3 is 10.5 Å². The third-order valence-electron chi connectivity index (χ3n) is 2.32. The van der Waals surface area contributed by atoms with Gasteiger partial charge in [0.1, 0.15) is 11.3 Å². The number of thiazole rings is 1. The molecule has 0 amide bonds. The van der Waals surface area contributed by atoms with Crippen molar-refractivity contribution in [3.63, 3.8) is 0 Å². The summed E-state index contributed by atoms with van der Waals surface area (Å²) in [6, 6.07) is 6.07. The summed E-state index contributed by atoms with van der Waals surface area (Å²) in [5, 5.41) is 1.15. The van der Waals surface area contributed by atoms with E-state index in [1.807, 2.05) is 19.1 Å². The van der Waals surface area contributed by atoms with Gasteiger partial charge in [-0.1, -0.05) is 6.07 Å². The van der Waals surface area contributed by atoms with Crippen molar-refractivity contribution in [1.29, 1.82) is 0 Å². The summed E-state index contributed by atoms with van der Waals surface area (Å²) in [5.41, 5.74) is 6.49. The maximum absolute atomic E-state index is 5.56. The normalized spacial score (nSPS) is 10.9. The minimum atomic E-state index is 0.675. The van der Waals surface area contributed by atoms with Crippen molar-refractivity contribution >= 4 is 21.6 Å².